The summed E-state index contributed by atoms with van der Waals surface area (Å²) in [5.41, 5.74) is 4.58. The lowest BCUT2D eigenvalue weighted by Crippen LogP contribution is -2.49. The van der Waals surface area contributed by atoms with Crippen LogP contribution in [0.4, 0.5) is 5.69 Å². The molecule has 0 bridgehead atoms. The number of rotatable bonds is 6. The third-order valence-corrected chi connectivity index (χ3v) is 7.17. The fraction of sp³-hybridized carbons (Fsp3) is 0.393. The molecule has 1 aromatic heterocycles. The first kappa shape index (κ1) is 23.9. The minimum atomic E-state index is -0.0340. The van der Waals surface area contributed by atoms with Gasteiger partial charge in [0.2, 0.25) is 5.91 Å². The molecular formula is C28H33N5O3. The van der Waals surface area contributed by atoms with Crippen LogP contribution in [0.3, 0.4) is 0 Å². The van der Waals surface area contributed by atoms with Gasteiger partial charge in [-0.25, -0.2) is 0 Å². The number of methoxy groups -OCH3 is 1. The number of ether oxygens (including phenoxy) is 1. The van der Waals surface area contributed by atoms with Gasteiger partial charge in [0.05, 0.1) is 13.5 Å². The average molecular weight is 488 g/mol. The van der Waals surface area contributed by atoms with Crippen molar-refractivity contribution in [2.45, 2.75) is 32.9 Å². The second kappa shape index (κ2) is 10.4. The van der Waals surface area contributed by atoms with Crippen molar-refractivity contribution in [2.75, 3.05) is 44.7 Å². The zero-order valence-corrected chi connectivity index (χ0v) is 21.0. The minimum Gasteiger partial charge on any atom is -0.497 e. The number of carbonyl (C=O) groups is 2. The fourth-order valence-electron chi connectivity index (χ4n) is 5.16. The molecule has 2 aliphatic heterocycles. The number of hydrogen-bond acceptors (Lipinski definition) is 5. The van der Waals surface area contributed by atoms with Gasteiger partial charge in [-0.05, 0) is 36.8 Å². The Morgan fingerprint density at radius 2 is 1.72 bits per heavy atom. The number of benzene rings is 2. The Balaban J connectivity index is 1.29. The molecule has 8 heteroatoms. The van der Waals surface area contributed by atoms with Crippen LogP contribution in [0.1, 0.15) is 34.2 Å². The molecule has 1 saturated heterocycles. The summed E-state index contributed by atoms with van der Waals surface area (Å²) in [6.07, 6.45) is 1.01. The monoisotopic (exact) mass is 487 g/mol. The first-order chi connectivity index (χ1) is 17.6. The molecule has 1 fully saturated rings. The van der Waals surface area contributed by atoms with Gasteiger partial charge < -0.3 is 19.4 Å². The Labute approximate surface area is 212 Å². The smallest absolute Gasteiger partial charge is 0.274 e. The maximum absolute atomic E-state index is 13.6. The fourth-order valence-corrected chi connectivity index (χ4v) is 5.16. The van der Waals surface area contributed by atoms with E-state index in [0.29, 0.717) is 51.3 Å². The third-order valence-electron chi connectivity index (χ3n) is 7.17. The van der Waals surface area contributed by atoms with Gasteiger partial charge in [0, 0.05) is 69.2 Å². The van der Waals surface area contributed by atoms with Gasteiger partial charge in [-0.3, -0.25) is 14.3 Å². The van der Waals surface area contributed by atoms with Crippen molar-refractivity contribution >= 4 is 17.5 Å². The average Bonchev–Trinajstić information content (AvgIpc) is 3.31. The van der Waals surface area contributed by atoms with Crippen molar-refractivity contribution in [1.82, 2.24) is 19.6 Å². The standard InChI is InChI=1S/C28H33N5O3/c1-3-33-25-12-13-32(26(34)19-21-8-7-11-23(18-21)36-2)20-24(25)27(29-33)28(35)31-16-14-30(15-17-31)22-9-5-4-6-10-22/h4-11,18H,3,12-17,19-20H2,1-2H3. The van der Waals surface area contributed by atoms with E-state index in [1.54, 1.807) is 7.11 Å². The van der Waals surface area contributed by atoms with E-state index in [2.05, 4.69) is 17.0 Å². The number of anilines is 1. The molecule has 0 radical (unpaired) electrons. The van der Waals surface area contributed by atoms with E-state index in [9.17, 15) is 9.59 Å². The molecule has 5 rings (SSSR count). The molecule has 2 amide bonds. The number of piperazine rings is 1. The Bertz CT molecular complexity index is 1230. The highest BCUT2D eigenvalue weighted by atomic mass is 16.5. The Morgan fingerprint density at radius 3 is 2.44 bits per heavy atom. The molecule has 2 aliphatic rings. The van der Waals surface area contributed by atoms with Crippen LogP contribution < -0.4 is 9.64 Å². The number of aryl methyl sites for hydroxylation is 1. The molecule has 8 nitrogen and oxygen atoms in total. The van der Waals surface area contributed by atoms with E-state index in [1.807, 2.05) is 63.9 Å². The second-order valence-corrected chi connectivity index (χ2v) is 9.30. The van der Waals surface area contributed by atoms with Crippen LogP contribution in [0, 0.1) is 0 Å². The predicted molar refractivity (Wildman–Crippen MR) is 138 cm³/mol. The van der Waals surface area contributed by atoms with Crippen LogP contribution >= 0.6 is 0 Å². The number of amides is 2. The summed E-state index contributed by atoms with van der Waals surface area (Å²) in [7, 11) is 1.62. The van der Waals surface area contributed by atoms with Crippen LogP contribution in [-0.4, -0.2) is 71.2 Å². The van der Waals surface area contributed by atoms with E-state index >= 15 is 0 Å². The highest BCUT2D eigenvalue weighted by Crippen LogP contribution is 2.26. The lowest BCUT2D eigenvalue weighted by molar-refractivity contribution is -0.131. The SMILES string of the molecule is CCn1nc(C(=O)N2CCN(c3ccccc3)CC2)c2c1CCN(C(=O)Cc1cccc(OC)c1)C2. The number of aromatic nitrogens is 2. The number of fused-ring (bicyclic) bond motifs is 1. The van der Waals surface area contributed by atoms with Crippen LogP contribution in [-0.2, 0) is 30.7 Å². The van der Waals surface area contributed by atoms with Crippen molar-refractivity contribution in [3.05, 3.63) is 77.1 Å². The largest absolute Gasteiger partial charge is 0.497 e. The summed E-state index contributed by atoms with van der Waals surface area (Å²) < 4.78 is 7.23. The van der Waals surface area contributed by atoms with Crippen molar-refractivity contribution in [1.29, 1.82) is 0 Å². The van der Waals surface area contributed by atoms with Gasteiger partial charge in [-0.2, -0.15) is 5.10 Å². The Morgan fingerprint density at radius 1 is 0.944 bits per heavy atom. The van der Waals surface area contributed by atoms with Crippen molar-refractivity contribution < 1.29 is 14.3 Å². The molecule has 188 valence electrons. The minimum absolute atomic E-state index is 0.0340. The summed E-state index contributed by atoms with van der Waals surface area (Å²) in [6, 6.07) is 17.9. The summed E-state index contributed by atoms with van der Waals surface area (Å²) in [5, 5.41) is 4.72. The predicted octanol–water partition coefficient (Wildman–Crippen LogP) is 3.00. The normalized spacial score (nSPS) is 15.6. The molecule has 0 unspecified atom stereocenters. The molecule has 0 N–H and O–H groups in total. The van der Waals surface area contributed by atoms with Gasteiger partial charge in [-0.15, -0.1) is 0 Å². The van der Waals surface area contributed by atoms with Gasteiger partial charge in [0.1, 0.15) is 5.75 Å². The molecule has 3 heterocycles. The van der Waals surface area contributed by atoms with Gasteiger partial charge >= 0.3 is 0 Å². The van der Waals surface area contributed by atoms with Crippen LogP contribution in [0.15, 0.2) is 54.6 Å². The topological polar surface area (TPSA) is 70.9 Å². The number of carbonyl (C=O) groups excluding carboxylic acids is 2. The molecule has 3 aromatic rings. The molecule has 0 atom stereocenters. The van der Waals surface area contributed by atoms with Crippen LogP contribution in [0.2, 0.25) is 0 Å². The first-order valence-corrected chi connectivity index (χ1v) is 12.7. The van der Waals surface area contributed by atoms with E-state index < -0.39 is 0 Å². The van der Waals surface area contributed by atoms with Gasteiger partial charge in [0.15, 0.2) is 5.69 Å². The molecule has 0 spiro atoms. The lowest BCUT2D eigenvalue weighted by Gasteiger charge is -2.36. The van der Waals surface area contributed by atoms with Crippen molar-refractivity contribution in [2.24, 2.45) is 0 Å². The zero-order chi connectivity index (χ0) is 25.1. The van der Waals surface area contributed by atoms with E-state index in [-0.39, 0.29) is 11.8 Å². The summed E-state index contributed by atoms with van der Waals surface area (Å²) >= 11 is 0. The number of para-hydroxylation sites is 1. The van der Waals surface area contributed by atoms with Gasteiger partial charge in [0.25, 0.3) is 5.91 Å². The number of nitrogens with zero attached hydrogens (tertiary/aromatic N) is 5. The summed E-state index contributed by atoms with van der Waals surface area (Å²) in [6.45, 7) is 6.68. The van der Waals surface area contributed by atoms with Gasteiger partial charge in [-0.1, -0.05) is 30.3 Å². The number of hydrogen-bond donors (Lipinski definition) is 0. The third kappa shape index (κ3) is 4.80. The Kier molecular flexibility index (Phi) is 6.93. The quantitative estimate of drug-likeness (QED) is 0.535. The lowest BCUT2D eigenvalue weighted by atomic mass is 10.0. The second-order valence-electron chi connectivity index (χ2n) is 9.30. The van der Waals surface area contributed by atoms with E-state index in [0.717, 1.165) is 35.7 Å². The molecular weight excluding hydrogens is 454 g/mol. The van der Waals surface area contributed by atoms with E-state index in [1.165, 1.54) is 5.69 Å². The first-order valence-electron chi connectivity index (χ1n) is 12.7. The maximum atomic E-state index is 13.6. The van der Waals surface area contributed by atoms with E-state index in [4.69, 9.17) is 9.84 Å². The van der Waals surface area contributed by atoms with Crippen LogP contribution in [0.25, 0.3) is 0 Å². The molecule has 2 aromatic carbocycles. The van der Waals surface area contributed by atoms with Crippen molar-refractivity contribution in [3.63, 3.8) is 0 Å². The summed E-state index contributed by atoms with van der Waals surface area (Å²) in [5.74, 6) is 0.756. The molecule has 0 saturated carbocycles. The molecule has 0 aliphatic carbocycles. The zero-order valence-electron chi connectivity index (χ0n) is 21.0. The highest BCUT2D eigenvalue weighted by molar-refractivity contribution is 5.94. The van der Waals surface area contributed by atoms with Crippen LogP contribution in [0.5, 0.6) is 5.75 Å². The molecule has 36 heavy (non-hydrogen) atoms. The summed E-state index contributed by atoms with van der Waals surface area (Å²) in [4.78, 5) is 32.8. The van der Waals surface area contributed by atoms with Crippen molar-refractivity contribution in [3.8, 4) is 5.75 Å². The Hall–Kier alpha value is -3.81. The highest BCUT2D eigenvalue weighted by Gasteiger charge is 2.32. The maximum Gasteiger partial charge on any atom is 0.274 e.